The number of nitrogens with zero attached hydrogens (tertiary/aromatic N) is 4. The van der Waals surface area contributed by atoms with Gasteiger partial charge in [0, 0.05) is 49.0 Å². The lowest BCUT2D eigenvalue weighted by Gasteiger charge is -2.09. The molecular weight excluding hydrogens is 519 g/mol. The number of amides is 1. The second-order valence-corrected chi connectivity index (χ2v) is 8.72. The Morgan fingerprint density at radius 2 is 1.75 bits per heavy atom. The highest BCUT2D eigenvalue weighted by Gasteiger charge is 2.30. The molecule has 1 N–H and O–H groups in total. The number of halogens is 3. The summed E-state index contributed by atoms with van der Waals surface area (Å²) in [7, 11) is 1.45. The zero-order valence-electron chi connectivity index (χ0n) is 22.2. The van der Waals surface area contributed by atoms with E-state index in [9.17, 15) is 22.8 Å². The highest BCUT2D eigenvalue weighted by Crippen LogP contribution is 2.25. The van der Waals surface area contributed by atoms with E-state index in [1.807, 2.05) is 43.3 Å². The number of allylic oxidation sites excluding steroid dienone is 2. The van der Waals surface area contributed by atoms with Crippen molar-refractivity contribution in [3.63, 3.8) is 0 Å². The van der Waals surface area contributed by atoms with Crippen molar-refractivity contribution in [2.45, 2.75) is 26.6 Å². The SMILES string of the molecule is CN=C(/C=C(\C)C(F)(F)F)c1cccnc1.Cc1ccc(NC(=O)c2ccc(=O)n(Cc3ccccc3)c2)nc1. The first-order chi connectivity index (χ1) is 19.1. The van der Waals surface area contributed by atoms with Gasteiger partial charge in [0.2, 0.25) is 0 Å². The second kappa shape index (κ2) is 13.8. The number of aromatic nitrogens is 3. The number of benzene rings is 1. The molecule has 0 aliphatic heterocycles. The van der Waals surface area contributed by atoms with Crippen molar-refractivity contribution in [1.82, 2.24) is 14.5 Å². The minimum Gasteiger partial charge on any atom is -0.310 e. The van der Waals surface area contributed by atoms with Crippen molar-refractivity contribution >= 4 is 17.4 Å². The standard InChI is InChI=1S/C19H17N3O2.C11H11F3N2/c1-14-7-9-17(20-11-14)21-19(24)16-8-10-18(23)22(13-16)12-15-5-3-2-4-6-15;1-8(11(12,13)14)6-10(15-2)9-4-3-5-16-7-9/h2-11,13H,12H2,1H3,(H,20,21,24);3-7H,1-2H3/b;8-6+,15-10?. The summed E-state index contributed by atoms with van der Waals surface area (Å²) in [5, 5.41) is 2.73. The van der Waals surface area contributed by atoms with Gasteiger partial charge in [0.25, 0.3) is 11.5 Å². The summed E-state index contributed by atoms with van der Waals surface area (Å²) in [5.41, 5.74) is 2.42. The van der Waals surface area contributed by atoms with Crippen LogP contribution in [0.1, 0.15) is 34.0 Å². The van der Waals surface area contributed by atoms with Crippen LogP contribution in [-0.4, -0.2) is 39.4 Å². The highest BCUT2D eigenvalue weighted by atomic mass is 19.4. The smallest absolute Gasteiger partial charge is 0.310 e. The van der Waals surface area contributed by atoms with Crippen LogP contribution in [0.25, 0.3) is 0 Å². The zero-order chi connectivity index (χ0) is 29.1. The summed E-state index contributed by atoms with van der Waals surface area (Å²) in [4.78, 5) is 36.2. The Kier molecular flexibility index (Phi) is 10.2. The molecule has 0 atom stereocenters. The molecule has 206 valence electrons. The van der Waals surface area contributed by atoms with Crippen LogP contribution < -0.4 is 10.9 Å². The molecule has 7 nitrogen and oxygen atoms in total. The molecular formula is C30H28F3N5O2. The summed E-state index contributed by atoms with van der Waals surface area (Å²) in [6, 6.07) is 19.5. The number of aliphatic imine (C=N–C) groups is 1. The molecule has 0 aliphatic rings. The van der Waals surface area contributed by atoms with Gasteiger partial charge >= 0.3 is 6.18 Å². The van der Waals surface area contributed by atoms with Gasteiger partial charge in [-0.3, -0.25) is 19.6 Å². The van der Waals surface area contributed by atoms with Gasteiger partial charge in [0.1, 0.15) is 5.82 Å². The van der Waals surface area contributed by atoms with E-state index in [0.29, 0.717) is 23.5 Å². The average molecular weight is 548 g/mol. The number of carbonyl (C=O) groups excluding carboxylic acids is 1. The monoisotopic (exact) mass is 547 g/mol. The van der Waals surface area contributed by atoms with Gasteiger partial charge in [-0.25, -0.2) is 4.98 Å². The molecule has 0 aliphatic carbocycles. The van der Waals surface area contributed by atoms with Crippen LogP contribution in [0.15, 0.2) is 113 Å². The van der Waals surface area contributed by atoms with E-state index in [1.54, 1.807) is 36.8 Å². The molecule has 3 heterocycles. The van der Waals surface area contributed by atoms with E-state index in [-0.39, 0.29) is 17.2 Å². The first kappa shape index (κ1) is 29.7. The van der Waals surface area contributed by atoms with Crippen LogP contribution in [-0.2, 0) is 6.54 Å². The van der Waals surface area contributed by atoms with Crippen molar-refractivity contribution < 1.29 is 18.0 Å². The number of carbonyl (C=O) groups is 1. The summed E-state index contributed by atoms with van der Waals surface area (Å²) >= 11 is 0. The Balaban J connectivity index is 0.000000241. The van der Waals surface area contributed by atoms with Crippen molar-refractivity contribution in [2.24, 2.45) is 4.99 Å². The van der Waals surface area contributed by atoms with Gasteiger partial charge < -0.3 is 9.88 Å². The lowest BCUT2D eigenvalue weighted by Crippen LogP contribution is -2.22. The average Bonchev–Trinajstić information content (AvgIpc) is 2.95. The molecule has 0 fully saturated rings. The Morgan fingerprint density at radius 3 is 2.35 bits per heavy atom. The fourth-order valence-electron chi connectivity index (χ4n) is 3.38. The first-order valence-corrected chi connectivity index (χ1v) is 12.2. The Morgan fingerprint density at radius 1 is 1.00 bits per heavy atom. The number of alkyl halides is 3. The van der Waals surface area contributed by atoms with E-state index >= 15 is 0 Å². The number of rotatable bonds is 6. The quantitative estimate of drug-likeness (QED) is 0.306. The molecule has 4 rings (SSSR count). The predicted octanol–water partition coefficient (Wildman–Crippen LogP) is 5.86. The summed E-state index contributed by atoms with van der Waals surface area (Å²) in [5.74, 6) is 0.180. The van der Waals surface area contributed by atoms with Gasteiger partial charge in [0.05, 0.1) is 17.8 Å². The number of pyridine rings is 3. The molecule has 4 aromatic rings. The normalized spacial score (nSPS) is 11.8. The molecule has 0 unspecified atom stereocenters. The largest absolute Gasteiger partial charge is 0.412 e. The molecule has 40 heavy (non-hydrogen) atoms. The van der Waals surface area contributed by atoms with Crippen molar-refractivity contribution in [2.75, 3.05) is 12.4 Å². The number of nitrogens with one attached hydrogen (secondary N) is 1. The van der Waals surface area contributed by atoms with Gasteiger partial charge in [-0.2, -0.15) is 13.2 Å². The van der Waals surface area contributed by atoms with Gasteiger partial charge in [-0.15, -0.1) is 0 Å². The maximum atomic E-state index is 12.3. The summed E-state index contributed by atoms with van der Waals surface area (Å²) < 4.78 is 38.5. The van der Waals surface area contributed by atoms with Crippen LogP contribution in [0, 0.1) is 6.92 Å². The second-order valence-electron chi connectivity index (χ2n) is 8.72. The van der Waals surface area contributed by atoms with E-state index in [1.165, 1.54) is 29.9 Å². The molecule has 0 saturated heterocycles. The molecule has 1 amide bonds. The predicted molar refractivity (Wildman–Crippen MR) is 150 cm³/mol. The Hall–Kier alpha value is -4.86. The molecule has 0 spiro atoms. The summed E-state index contributed by atoms with van der Waals surface area (Å²) in [6.45, 7) is 3.36. The fourth-order valence-corrected chi connectivity index (χ4v) is 3.38. The topological polar surface area (TPSA) is 89.2 Å². The number of hydrogen-bond donors (Lipinski definition) is 1. The lowest BCUT2D eigenvalue weighted by atomic mass is 10.1. The molecule has 3 aromatic heterocycles. The van der Waals surface area contributed by atoms with Crippen LogP contribution in [0.3, 0.4) is 0 Å². The maximum Gasteiger partial charge on any atom is 0.412 e. The number of anilines is 1. The van der Waals surface area contributed by atoms with Crippen molar-refractivity contribution in [1.29, 1.82) is 0 Å². The van der Waals surface area contributed by atoms with Gasteiger partial charge in [-0.1, -0.05) is 36.4 Å². The molecule has 0 radical (unpaired) electrons. The van der Waals surface area contributed by atoms with Crippen LogP contribution in [0.2, 0.25) is 0 Å². The minimum absolute atomic E-state index is 0.149. The van der Waals surface area contributed by atoms with Crippen LogP contribution in [0.5, 0.6) is 0 Å². The van der Waals surface area contributed by atoms with Crippen LogP contribution >= 0.6 is 0 Å². The molecule has 0 bridgehead atoms. The first-order valence-electron chi connectivity index (χ1n) is 12.2. The third kappa shape index (κ3) is 8.87. The summed E-state index contributed by atoms with van der Waals surface area (Å²) in [6.07, 6.45) is 2.97. The number of aryl methyl sites for hydroxylation is 1. The maximum absolute atomic E-state index is 12.3. The fraction of sp³-hybridized carbons (Fsp3) is 0.167. The third-order valence-corrected chi connectivity index (χ3v) is 5.59. The molecule has 0 saturated carbocycles. The van der Waals surface area contributed by atoms with E-state index in [0.717, 1.165) is 24.1 Å². The zero-order valence-corrected chi connectivity index (χ0v) is 22.2. The highest BCUT2D eigenvalue weighted by molar-refractivity contribution is 6.08. The molecule has 10 heteroatoms. The number of hydrogen-bond acceptors (Lipinski definition) is 5. The van der Waals surface area contributed by atoms with Gasteiger partial charge in [0.15, 0.2) is 0 Å². The molecule has 1 aromatic carbocycles. The Labute approximate surface area is 229 Å². The van der Waals surface area contributed by atoms with Crippen LogP contribution in [0.4, 0.5) is 19.0 Å². The van der Waals surface area contributed by atoms with Crippen molar-refractivity contribution in [3.05, 3.63) is 136 Å². The van der Waals surface area contributed by atoms with E-state index in [2.05, 4.69) is 20.3 Å². The minimum atomic E-state index is -4.32. The lowest BCUT2D eigenvalue weighted by molar-refractivity contribution is -0.0912. The van der Waals surface area contributed by atoms with Crippen molar-refractivity contribution in [3.8, 4) is 0 Å². The third-order valence-electron chi connectivity index (χ3n) is 5.59. The van der Waals surface area contributed by atoms with E-state index in [4.69, 9.17) is 0 Å². The Bertz CT molecular complexity index is 1530. The van der Waals surface area contributed by atoms with Gasteiger partial charge in [-0.05, 0) is 55.3 Å². The van der Waals surface area contributed by atoms with E-state index < -0.39 is 11.7 Å².